The summed E-state index contributed by atoms with van der Waals surface area (Å²) in [6.07, 6.45) is 4.66. The van der Waals surface area contributed by atoms with E-state index in [1.165, 1.54) is 38.0 Å². The minimum absolute atomic E-state index is 0.0680. The fourth-order valence-corrected chi connectivity index (χ4v) is 5.26. The monoisotopic (exact) mass is 508 g/mol. The van der Waals surface area contributed by atoms with Crippen LogP contribution in [0.15, 0.2) is 41.4 Å². The Morgan fingerprint density at radius 3 is 2.65 bits per heavy atom. The molecule has 3 aliphatic rings. The minimum atomic E-state index is -0.445. The number of phenolic OH excluding ortho intramolecular Hbond substituents is 1. The zero-order chi connectivity index (χ0) is 25.8. The molecule has 9 heteroatoms. The summed E-state index contributed by atoms with van der Waals surface area (Å²) in [4.78, 5) is 21.9. The maximum Gasteiger partial charge on any atom is 0.337 e. The molecule has 2 aliphatic heterocycles. The van der Waals surface area contributed by atoms with Gasteiger partial charge in [-0.15, -0.1) is 0 Å². The standard InChI is InChI=1S/C28H36N4O5/c1-19-5-3-4-6-22(19)29-28(30-23-16-21(27(34)35-2)8-9-24(23)33)32-13-11-31(12-14-32)17-20-7-10-25-26(15-20)37-18-36-25/h7-10,15-16,19,22,33H,3-6,11-14,17-18H2,1-2H3,(H,29,30). The van der Waals surface area contributed by atoms with Gasteiger partial charge in [-0.2, -0.15) is 0 Å². The molecule has 0 bridgehead atoms. The molecule has 1 saturated heterocycles. The molecular formula is C28H36N4O5. The molecule has 1 aliphatic carbocycles. The molecule has 0 radical (unpaired) electrons. The van der Waals surface area contributed by atoms with Gasteiger partial charge in [0.1, 0.15) is 5.75 Å². The lowest BCUT2D eigenvalue weighted by atomic mass is 9.86. The van der Waals surface area contributed by atoms with Crippen molar-refractivity contribution < 1.29 is 24.1 Å². The van der Waals surface area contributed by atoms with E-state index in [4.69, 9.17) is 19.2 Å². The van der Waals surface area contributed by atoms with Crippen molar-refractivity contribution in [3.8, 4) is 17.2 Å². The molecule has 5 rings (SSSR count). The Hall–Kier alpha value is -3.46. The molecule has 2 aromatic carbocycles. The Balaban J connectivity index is 1.30. The predicted octanol–water partition coefficient (Wildman–Crippen LogP) is 4.07. The van der Waals surface area contributed by atoms with E-state index in [0.717, 1.165) is 56.6 Å². The highest BCUT2D eigenvalue weighted by molar-refractivity contribution is 5.97. The molecule has 0 aromatic heterocycles. The number of anilines is 1. The van der Waals surface area contributed by atoms with Crippen molar-refractivity contribution in [2.75, 3.05) is 45.4 Å². The first-order valence-corrected chi connectivity index (χ1v) is 13.1. The van der Waals surface area contributed by atoms with Gasteiger partial charge in [0.15, 0.2) is 17.5 Å². The third-order valence-electron chi connectivity index (χ3n) is 7.53. The number of esters is 1. The lowest BCUT2D eigenvalue weighted by Gasteiger charge is -2.37. The summed E-state index contributed by atoms with van der Waals surface area (Å²) < 4.78 is 15.8. The Kier molecular flexibility index (Phi) is 7.69. The molecule has 2 fully saturated rings. The van der Waals surface area contributed by atoms with Crippen LogP contribution in [0.25, 0.3) is 0 Å². The smallest absolute Gasteiger partial charge is 0.337 e. The lowest BCUT2D eigenvalue weighted by molar-refractivity contribution is 0.0600. The number of nitrogens with one attached hydrogen (secondary N) is 1. The molecule has 2 N–H and O–H groups in total. The van der Waals surface area contributed by atoms with E-state index in [9.17, 15) is 9.90 Å². The Bertz CT molecular complexity index is 1150. The maximum absolute atomic E-state index is 12.1. The SMILES string of the molecule is COC(=O)c1ccc(O)c(NC(=NC2CCCCC2C)N2CCN(Cc3ccc4c(c3)OCO4)CC2)c1. The number of piperazine rings is 1. The Morgan fingerprint density at radius 1 is 1.08 bits per heavy atom. The van der Waals surface area contributed by atoms with E-state index < -0.39 is 5.97 Å². The second-order valence-corrected chi connectivity index (χ2v) is 10.1. The number of benzene rings is 2. The number of aromatic hydroxyl groups is 1. The first-order chi connectivity index (χ1) is 18.0. The van der Waals surface area contributed by atoms with Gasteiger partial charge in [-0.05, 0) is 54.7 Å². The van der Waals surface area contributed by atoms with Crippen LogP contribution in [0.1, 0.15) is 48.5 Å². The molecule has 198 valence electrons. The number of carbonyl (C=O) groups excluding carboxylic acids is 1. The highest BCUT2D eigenvalue weighted by atomic mass is 16.7. The van der Waals surface area contributed by atoms with Crippen LogP contribution in [-0.4, -0.2) is 73.0 Å². The number of phenols is 1. The van der Waals surface area contributed by atoms with Crippen molar-refractivity contribution in [1.82, 2.24) is 9.80 Å². The van der Waals surface area contributed by atoms with Crippen molar-refractivity contribution >= 4 is 17.6 Å². The number of aliphatic imine (C=N–C) groups is 1. The highest BCUT2D eigenvalue weighted by Crippen LogP contribution is 2.33. The summed E-state index contributed by atoms with van der Waals surface area (Å²) in [5.41, 5.74) is 2.03. The highest BCUT2D eigenvalue weighted by Gasteiger charge is 2.26. The minimum Gasteiger partial charge on any atom is -0.506 e. The van der Waals surface area contributed by atoms with Gasteiger partial charge in [-0.3, -0.25) is 4.90 Å². The molecule has 2 atom stereocenters. The van der Waals surface area contributed by atoms with E-state index >= 15 is 0 Å². The van der Waals surface area contributed by atoms with E-state index in [2.05, 4.69) is 34.2 Å². The van der Waals surface area contributed by atoms with Crippen molar-refractivity contribution in [2.24, 2.45) is 10.9 Å². The number of methoxy groups -OCH3 is 1. The molecule has 2 aromatic rings. The van der Waals surface area contributed by atoms with Gasteiger partial charge >= 0.3 is 5.97 Å². The average molecular weight is 509 g/mol. The zero-order valence-corrected chi connectivity index (χ0v) is 21.6. The predicted molar refractivity (Wildman–Crippen MR) is 141 cm³/mol. The fraction of sp³-hybridized carbons (Fsp3) is 0.500. The van der Waals surface area contributed by atoms with Gasteiger partial charge < -0.3 is 29.5 Å². The number of carbonyl (C=O) groups is 1. The van der Waals surface area contributed by atoms with Gasteiger partial charge in [0, 0.05) is 32.7 Å². The van der Waals surface area contributed by atoms with Crippen molar-refractivity contribution in [2.45, 2.75) is 45.2 Å². The number of ether oxygens (including phenoxy) is 3. The van der Waals surface area contributed by atoms with Gasteiger partial charge in [-0.1, -0.05) is 25.8 Å². The van der Waals surface area contributed by atoms with Crippen LogP contribution in [0.5, 0.6) is 17.2 Å². The largest absolute Gasteiger partial charge is 0.506 e. The van der Waals surface area contributed by atoms with E-state index in [-0.39, 0.29) is 18.6 Å². The number of fused-ring (bicyclic) bond motifs is 1. The Labute approximate surface area is 218 Å². The average Bonchev–Trinajstić information content (AvgIpc) is 3.39. The quantitative estimate of drug-likeness (QED) is 0.270. The summed E-state index contributed by atoms with van der Waals surface area (Å²) in [5.74, 6) is 2.49. The summed E-state index contributed by atoms with van der Waals surface area (Å²) in [6.45, 7) is 6.75. The van der Waals surface area contributed by atoms with E-state index in [1.807, 2.05) is 6.07 Å². The lowest BCUT2D eigenvalue weighted by Crippen LogP contribution is -2.50. The molecule has 2 unspecified atom stereocenters. The first kappa shape index (κ1) is 25.2. The van der Waals surface area contributed by atoms with Crippen LogP contribution >= 0.6 is 0 Å². The number of nitrogens with zero attached hydrogens (tertiary/aromatic N) is 3. The first-order valence-electron chi connectivity index (χ1n) is 13.1. The van der Waals surface area contributed by atoms with E-state index in [1.54, 1.807) is 12.1 Å². The second-order valence-electron chi connectivity index (χ2n) is 10.1. The van der Waals surface area contributed by atoms with Crippen LogP contribution < -0.4 is 14.8 Å². The Morgan fingerprint density at radius 2 is 1.86 bits per heavy atom. The number of hydrogen-bond acceptors (Lipinski definition) is 7. The summed E-state index contributed by atoms with van der Waals surface area (Å²) >= 11 is 0. The van der Waals surface area contributed by atoms with Crippen molar-refractivity contribution in [3.05, 3.63) is 47.5 Å². The topological polar surface area (TPSA) is 95.9 Å². The summed E-state index contributed by atoms with van der Waals surface area (Å²) in [6, 6.07) is 11.1. The number of hydrogen-bond donors (Lipinski definition) is 2. The molecule has 0 spiro atoms. The third kappa shape index (κ3) is 5.93. The van der Waals surface area contributed by atoms with Gasteiger partial charge in [0.05, 0.1) is 24.4 Å². The zero-order valence-electron chi connectivity index (χ0n) is 21.6. The van der Waals surface area contributed by atoms with Crippen LogP contribution in [0.3, 0.4) is 0 Å². The summed E-state index contributed by atoms with van der Waals surface area (Å²) in [7, 11) is 1.35. The van der Waals surface area contributed by atoms with Gasteiger partial charge in [-0.25, -0.2) is 9.79 Å². The van der Waals surface area contributed by atoms with Crippen LogP contribution in [0.4, 0.5) is 5.69 Å². The molecule has 37 heavy (non-hydrogen) atoms. The van der Waals surface area contributed by atoms with Gasteiger partial charge in [0.25, 0.3) is 0 Å². The molecule has 9 nitrogen and oxygen atoms in total. The number of rotatable bonds is 5. The molecule has 0 amide bonds. The van der Waals surface area contributed by atoms with E-state index in [0.29, 0.717) is 17.2 Å². The van der Waals surface area contributed by atoms with Crippen LogP contribution in [-0.2, 0) is 11.3 Å². The van der Waals surface area contributed by atoms with Crippen LogP contribution in [0, 0.1) is 5.92 Å². The number of guanidine groups is 1. The normalized spacial score (nSPS) is 22.1. The second kappa shape index (κ2) is 11.3. The van der Waals surface area contributed by atoms with Crippen molar-refractivity contribution in [1.29, 1.82) is 0 Å². The molecule has 1 saturated carbocycles. The summed E-state index contributed by atoms with van der Waals surface area (Å²) in [5, 5.41) is 13.9. The maximum atomic E-state index is 12.1. The van der Waals surface area contributed by atoms with Crippen LogP contribution in [0.2, 0.25) is 0 Å². The molecule has 2 heterocycles. The molecular weight excluding hydrogens is 472 g/mol. The fourth-order valence-electron chi connectivity index (χ4n) is 5.26. The van der Waals surface area contributed by atoms with Crippen molar-refractivity contribution in [3.63, 3.8) is 0 Å². The third-order valence-corrected chi connectivity index (χ3v) is 7.53. The van der Waals surface area contributed by atoms with Gasteiger partial charge in [0.2, 0.25) is 6.79 Å².